The van der Waals surface area contributed by atoms with E-state index in [4.69, 9.17) is 0 Å². The second-order valence-corrected chi connectivity index (χ2v) is 8.09. The average molecular weight is 372 g/mol. The predicted octanol–water partition coefficient (Wildman–Crippen LogP) is 7.03. The number of phenols is 1. The maximum absolute atomic E-state index is 10.6. The molecule has 0 radical (unpaired) electrons. The zero-order valence-electron chi connectivity index (χ0n) is 16.2. The van der Waals surface area contributed by atoms with Crippen molar-refractivity contribution in [1.82, 2.24) is 0 Å². The zero-order chi connectivity index (χ0) is 19.6. The number of fused-ring (bicyclic) bond motifs is 6. The number of aromatic hydroxyl groups is 1. The Kier molecular flexibility index (Phi) is 3.23. The van der Waals surface area contributed by atoms with Crippen LogP contribution in [0.1, 0.15) is 23.6 Å². The highest BCUT2D eigenvalue weighted by Crippen LogP contribution is 2.52. The minimum Gasteiger partial charge on any atom is -0.507 e. The molecule has 29 heavy (non-hydrogen) atoms. The third-order valence-corrected chi connectivity index (χ3v) is 6.64. The summed E-state index contributed by atoms with van der Waals surface area (Å²) in [4.78, 5) is 0. The molecule has 0 fully saturated rings. The van der Waals surface area contributed by atoms with Crippen molar-refractivity contribution in [2.75, 3.05) is 0 Å². The normalized spacial score (nSPS) is 14.1. The fourth-order valence-corrected chi connectivity index (χ4v) is 5.17. The molecule has 1 nitrogen and oxygen atoms in total. The van der Waals surface area contributed by atoms with Crippen molar-refractivity contribution in [3.63, 3.8) is 0 Å². The lowest BCUT2D eigenvalue weighted by Gasteiger charge is -2.28. The van der Waals surface area contributed by atoms with Gasteiger partial charge in [0.15, 0.2) is 0 Å². The van der Waals surface area contributed by atoms with Crippen molar-refractivity contribution >= 4 is 21.5 Å². The van der Waals surface area contributed by atoms with Gasteiger partial charge in [0.1, 0.15) is 5.75 Å². The van der Waals surface area contributed by atoms with E-state index in [9.17, 15) is 5.11 Å². The van der Waals surface area contributed by atoms with Crippen LogP contribution in [-0.4, -0.2) is 5.11 Å². The van der Waals surface area contributed by atoms with Gasteiger partial charge >= 0.3 is 0 Å². The van der Waals surface area contributed by atoms with Crippen molar-refractivity contribution < 1.29 is 5.11 Å². The minimum atomic E-state index is -0.220. The monoisotopic (exact) mass is 372 g/mol. The minimum absolute atomic E-state index is 0.220. The second-order valence-electron chi connectivity index (χ2n) is 8.09. The van der Waals surface area contributed by atoms with E-state index >= 15 is 0 Å². The lowest BCUT2D eigenvalue weighted by atomic mass is 9.74. The first-order valence-corrected chi connectivity index (χ1v) is 10.0. The molecule has 0 aliphatic heterocycles. The van der Waals surface area contributed by atoms with Gasteiger partial charge in [-0.25, -0.2) is 0 Å². The molecule has 5 aromatic carbocycles. The molecule has 0 spiro atoms. The Morgan fingerprint density at radius 1 is 0.586 bits per heavy atom. The number of benzene rings is 5. The summed E-state index contributed by atoms with van der Waals surface area (Å²) in [6.45, 7) is 2.32. The summed E-state index contributed by atoms with van der Waals surface area (Å²) in [6.07, 6.45) is 0. The Bertz CT molecular complexity index is 1380. The molecule has 0 bridgehead atoms. The van der Waals surface area contributed by atoms with Crippen LogP contribution >= 0.6 is 0 Å². The average Bonchev–Trinajstić information content (AvgIpc) is 3.04. The van der Waals surface area contributed by atoms with Crippen molar-refractivity contribution in [1.29, 1.82) is 0 Å². The van der Waals surface area contributed by atoms with Crippen LogP contribution in [0.2, 0.25) is 0 Å². The van der Waals surface area contributed by atoms with Crippen LogP contribution in [0.15, 0.2) is 97.1 Å². The van der Waals surface area contributed by atoms with Crippen LogP contribution in [-0.2, 0) is 5.41 Å². The van der Waals surface area contributed by atoms with E-state index in [2.05, 4.69) is 79.7 Å². The molecule has 138 valence electrons. The summed E-state index contributed by atoms with van der Waals surface area (Å²) in [5.74, 6) is 0.336. The van der Waals surface area contributed by atoms with Crippen molar-refractivity contribution in [3.8, 4) is 16.9 Å². The highest BCUT2D eigenvalue weighted by Gasteiger charge is 2.40. The third kappa shape index (κ3) is 2.10. The van der Waals surface area contributed by atoms with Gasteiger partial charge in [0.05, 0.1) is 0 Å². The fourth-order valence-electron chi connectivity index (χ4n) is 5.17. The van der Waals surface area contributed by atoms with Crippen molar-refractivity contribution in [2.45, 2.75) is 12.3 Å². The Hall–Kier alpha value is -3.58. The standard InChI is InChI=1S/C28H20O/c1-28(25-12-6-4-9-22(25)23-10-5-7-13-26(23)28)19-14-15-20-18(16-19)17-27(29)24-11-3-2-8-21(20)24/h2-17,29H,1H3. The van der Waals surface area contributed by atoms with Crippen LogP contribution in [0.25, 0.3) is 32.7 Å². The van der Waals surface area contributed by atoms with Gasteiger partial charge in [-0.1, -0.05) is 84.9 Å². The van der Waals surface area contributed by atoms with Gasteiger partial charge in [-0.15, -0.1) is 0 Å². The number of phenolic OH excluding ortho intramolecular Hbond substituents is 1. The maximum Gasteiger partial charge on any atom is 0.124 e. The van der Waals surface area contributed by atoms with Crippen LogP contribution in [0.5, 0.6) is 5.75 Å². The van der Waals surface area contributed by atoms with Gasteiger partial charge in [-0.2, -0.15) is 0 Å². The molecular formula is C28H20O. The van der Waals surface area contributed by atoms with Gasteiger partial charge < -0.3 is 5.11 Å². The van der Waals surface area contributed by atoms with E-state index in [1.807, 2.05) is 24.3 Å². The van der Waals surface area contributed by atoms with E-state index in [0.717, 1.165) is 16.2 Å². The molecule has 1 N–H and O–H groups in total. The molecule has 5 aromatic rings. The largest absolute Gasteiger partial charge is 0.507 e. The lowest BCUT2D eigenvalue weighted by Crippen LogP contribution is -2.22. The van der Waals surface area contributed by atoms with E-state index < -0.39 is 0 Å². The maximum atomic E-state index is 10.6. The summed E-state index contributed by atoms with van der Waals surface area (Å²) in [5.41, 5.74) is 6.33. The SMILES string of the molecule is CC1(c2ccc3c(c2)cc(O)c2ccccc23)c2ccccc2-c2ccccc21. The lowest BCUT2D eigenvalue weighted by molar-refractivity contribution is 0.482. The van der Waals surface area contributed by atoms with Crippen LogP contribution < -0.4 is 0 Å². The Balaban J connectivity index is 1.67. The van der Waals surface area contributed by atoms with E-state index in [0.29, 0.717) is 5.75 Å². The summed E-state index contributed by atoms with van der Waals surface area (Å²) in [5, 5.41) is 14.8. The third-order valence-electron chi connectivity index (χ3n) is 6.64. The molecule has 0 heterocycles. The van der Waals surface area contributed by atoms with Gasteiger partial charge in [0.25, 0.3) is 0 Å². The first-order valence-electron chi connectivity index (χ1n) is 10.0. The van der Waals surface area contributed by atoms with E-state index in [1.54, 1.807) is 0 Å². The first kappa shape index (κ1) is 16.4. The zero-order valence-corrected chi connectivity index (χ0v) is 16.2. The topological polar surface area (TPSA) is 20.2 Å². The Labute approximate surface area is 169 Å². The molecule has 0 unspecified atom stereocenters. The van der Waals surface area contributed by atoms with Crippen LogP contribution in [0, 0.1) is 0 Å². The predicted molar refractivity (Wildman–Crippen MR) is 121 cm³/mol. The molecule has 0 amide bonds. The molecule has 1 aliphatic rings. The van der Waals surface area contributed by atoms with Gasteiger partial charge in [-0.3, -0.25) is 0 Å². The van der Waals surface area contributed by atoms with Gasteiger partial charge in [-0.05, 0) is 63.0 Å². The summed E-state index contributed by atoms with van der Waals surface area (Å²) < 4.78 is 0. The number of hydrogen-bond donors (Lipinski definition) is 1. The van der Waals surface area contributed by atoms with Crippen LogP contribution in [0.3, 0.4) is 0 Å². The quantitative estimate of drug-likeness (QED) is 0.313. The van der Waals surface area contributed by atoms with E-state index in [1.165, 1.54) is 33.2 Å². The molecular weight excluding hydrogens is 352 g/mol. The molecule has 0 saturated carbocycles. The Morgan fingerprint density at radius 2 is 1.17 bits per heavy atom. The highest BCUT2D eigenvalue weighted by molar-refractivity contribution is 6.10. The molecule has 0 aromatic heterocycles. The summed E-state index contributed by atoms with van der Waals surface area (Å²) in [6, 6.07) is 34.1. The molecule has 1 aliphatic carbocycles. The first-order chi connectivity index (χ1) is 14.2. The molecule has 6 rings (SSSR count). The molecule has 0 saturated heterocycles. The smallest absolute Gasteiger partial charge is 0.124 e. The Morgan fingerprint density at radius 3 is 1.86 bits per heavy atom. The summed E-state index contributed by atoms with van der Waals surface area (Å²) >= 11 is 0. The van der Waals surface area contributed by atoms with Gasteiger partial charge in [0.2, 0.25) is 0 Å². The number of rotatable bonds is 1. The molecule has 0 atom stereocenters. The second kappa shape index (κ2) is 5.71. The number of hydrogen-bond acceptors (Lipinski definition) is 1. The van der Waals surface area contributed by atoms with Crippen LogP contribution in [0.4, 0.5) is 0 Å². The summed E-state index contributed by atoms with van der Waals surface area (Å²) in [7, 11) is 0. The van der Waals surface area contributed by atoms with Crippen molar-refractivity contribution in [2.24, 2.45) is 0 Å². The highest BCUT2D eigenvalue weighted by atomic mass is 16.3. The van der Waals surface area contributed by atoms with Crippen molar-refractivity contribution in [3.05, 3.63) is 114 Å². The molecule has 1 heteroatoms. The van der Waals surface area contributed by atoms with Gasteiger partial charge in [0, 0.05) is 10.8 Å². The fraction of sp³-hybridized carbons (Fsp3) is 0.0714. The van der Waals surface area contributed by atoms with E-state index in [-0.39, 0.29) is 5.41 Å².